The molecule has 0 aliphatic carbocycles. The van der Waals surface area contributed by atoms with Crippen LogP contribution in [-0.2, 0) is 12.8 Å². The van der Waals surface area contributed by atoms with E-state index in [9.17, 15) is 0 Å². The van der Waals surface area contributed by atoms with E-state index in [1.165, 1.54) is 11.1 Å². The molecule has 1 heterocycles. The van der Waals surface area contributed by atoms with Crippen LogP contribution in [0.1, 0.15) is 24.5 Å². The lowest BCUT2D eigenvalue weighted by atomic mass is 10.0. The molecule has 0 bridgehead atoms. The lowest BCUT2D eigenvalue weighted by Crippen LogP contribution is -2.21. The Morgan fingerprint density at radius 1 is 1.20 bits per heavy atom. The zero-order valence-corrected chi connectivity index (χ0v) is 12.0. The second-order valence-corrected chi connectivity index (χ2v) is 4.98. The van der Waals surface area contributed by atoms with Gasteiger partial charge in [0.25, 0.3) is 0 Å². The summed E-state index contributed by atoms with van der Waals surface area (Å²) in [4.78, 5) is 4.10. The molecule has 0 spiro atoms. The largest absolute Gasteiger partial charge is 0.493 e. The Hall–Kier alpha value is -1.87. The fourth-order valence-corrected chi connectivity index (χ4v) is 2.04. The van der Waals surface area contributed by atoms with E-state index >= 15 is 0 Å². The summed E-state index contributed by atoms with van der Waals surface area (Å²) in [6.45, 7) is 2.77. The highest BCUT2D eigenvalue weighted by molar-refractivity contribution is 5.29. The monoisotopic (exact) mass is 270 g/mol. The van der Waals surface area contributed by atoms with E-state index in [1.807, 2.05) is 24.4 Å². The first kappa shape index (κ1) is 14.5. The van der Waals surface area contributed by atoms with Crippen LogP contribution >= 0.6 is 0 Å². The van der Waals surface area contributed by atoms with Crippen molar-refractivity contribution >= 4 is 0 Å². The summed E-state index contributed by atoms with van der Waals surface area (Å²) < 4.78 is 5.80. The van der Waals surface area contributed by atoms with Gasteiger partial charge in [-0.2, -0.15) is 0 Å². The summed E-state index contributed by atoms with van der Waals surface area (Å²) in [5.41, 5.74) is 8.41. The lowest BCUT2D eigenvalue weighted by Gasteiger charge is -2.11. The van der Waals surface area contributed by atoms with E-state index in [0.717, 1.165) is 25.0 Å². The van der Waals surface area contributed by atoms with Crippen molar-refractivity contribution in [1.82, 2.24) is 4.98 Å². The molecule has 0 saturated carbocycles. The van der Waals surface area contributed by atoms with Crippen molar-refractivity contribution in [3.63, 3.8) is 0 Å². The van der Waals surface area contributed by atoms with Gasteiger partial charge in [-0.25, -0.2) is 0 Å². The highest BCUT2D eigenvalue weighted by Gasteiger charge is 2.03. The van der Waals surface area contributed by atoms with Gasteiger partial charge in [-0.1, -0.05) is 25.1 Å². The summed E-state index contributed by atoms with van der Waals surface area (Å²) in [5.74, 6) is 0.912. The molecule has 0 fully saturated rings. The normalized spacial score (nSPS) is 12.1. The van der Waals surface area contributed by atoms with Crippen molar-refractivity contribution in [3.8, 4) is 5.75 Å². The molecule has 106 valence electrons. The van der Waals surface area contributed by atoms with Gasteiger partial charge in [0.15, 0.2) is 0 Å². The zero-order valence-electron chi connectivity index (χ0n) is 12.0. The number of hydrogen-bond donors (Lipinski definition) is 1. The maximum atomic E-state index is 5.98. The lowest BCUT2D eigenvalue weighted by molar-refractivity contribution is 0.321. The third-order valence-corrected chi connectivity index (χ3v) is 3.30. The molecule has 2 rings (SSSR count). The van der Waals surface area contributed by atoms with E-state index in [0.29, 0.717) is 6.61 Å². The highest BCUT2D eigenvalue weighted by Crippen LogP contribution is 2.15. The maximum Gasteiger partial charge on any atom is 0.119 e. The Labute approximate surface area is 120 Å². The second-order valence-electron chi connectivity index (χ2n) is 4.98. The van der Waals surface area contributed by atoms with Gasteiger partial charge in [0.1, 0.15) is 5.75 Å². The SMILES string of the molecule is CCC(N)Cc1cccc(OCCc2cccnc2)c1. The molecule has 0 amide bonds. The average Bonchev–Trinajstić information content (AvgIpc) is 2.48. The molecular weight excluding hydrogens is 248 g/mol. The van der Waals surface area contributed by atoms with Gasteiger partial charge >= 0.3 is 0 Å². The Kier molecular flexibility index (Phi) is 5.56. The molecule has 3 heteroatoms. The number of benzene rings is 1. The van der Waals surface area contributed by atoms with Crippen LogP contribution in [0.25, 0.3) is 0 Å². The molecule has 1 unspecified atom stereocenters. The Bertz CT molecular complexity index is 513. The van der Waals surface area contributed by atoms with Crippen LogP contribution in [0.5, 0.6) is 5.75 Å². The van der Waals surface area contributed by atoms with Crippen molar-refractivity contribution in [1.29, 1.82) is 0 Å². The van der Waals surface area contributed by atoms with E-state index < -0.39 is 0 Å². The molecule has 1 atom stereocenters. The van der Waals surface area contributed by atoms with Crippen LogP contribution in [0.4, 0.5) is 0 Å². The van der Waals surface area contributed by atoms with Gasteiger partial charge < -0.3 is 10.5 Å². The van der Waals surface area contributed by atoms with Gasteiger partial charge in [0, 0.05) is 24.9 Å². The molecule has 20 heavy (non-hydrogen) atoms. The maximum absolute atomic E-state index is 5.98. The van der Waals surface area contributed by atoms with Crippen molar-refractivity contribution < 1.29 is 4.74 Å². The summed E-state index contributed by atoms with van der Waals surface area (Å²) in [6.07, 6.45) is 6.42. The molecule has 2 N–H and O–H groups in total. The van der Waals surface area contributed by atoms with Gasteiger partial charge in [0.2, 0.25) is 0 Å². The molecule has 0 radical (unpaired) electrons. The van der Waals surface area contributed by atoms with E-state index in [2.05, 4.69) is 30.1 Å². The molecule has 0 aliphatic heterocycles. The predicted octanol–water partition coefficient (Wildman–Crippen LogP) is 2.98. The minimum Gasteiger partial charge on any atom is -0.493 e. The molecule has 2 aromatic rings. The number of hydrogen-bond acceptors (Lipinski definition) is 3. The fraction of sp³-hybridized carbons (Fsp3) is 0.353. The molecule has 0 saturated heterocycles. The van der Waals surface area contributed by atoms with Gasteiger partial charge in [-0.15, -0.1) is 0 Å². The Morgan fingerprint density at radius 3 is 2.80 bits per heavy atom. The predicted molar refractivity (Wildman–Crippen MR) is 81.8 cm³/mol. The van der Waals surface area contributed by atoms with Crippen LogP contribution < -0.4 is 10.5 Å². The van der Waals surface area contributed by atoms with Crippen LogP contribution in [-0.4, -0.2) is 17.6 Å². The van der Waals surface area contributed by atoms with E-state index in [-0.39, 0.29) is 6.04 Å². The van der Waals surface area contributed by atoms with Crippen molar-refractivity contribution in [3.05, 3.63) is 59.9 Å². The third kappa shape index (κ3) is 4.67. The summed E-state index contributed by atoms with van der Waals surface area (Å²) in [6, 6.07) is 12.4. The van der Waals surface area contributed by atoms with E-state index in [1.54, 1.807) is 6.20 Å². The summed E-state index contributed by atoms with van der Waals surface area (Å²) in [7, 11) is 0. The Morgan fingerprint density at radius 2 is 2.05 bits per heavy atom. The van der Waals surface area contributed by atoms with Crippen molar-refractivity contribution in [2.45, 2.75) is 32.2 Å². The number of ether oxygens (including phenoxy) is 1. The number of pyridine rings is 1. The highest BCUT2D eigenvalue weighted by atomic mass is 16.5. The number of aromatic nitrogens is 1. The van der Waals surface area contributed by atoms with Gasteiger partial charge in [-0.05, 0) is 42.2 Å². The first-order valence-corrected chi connectivity index (χ1v) is 7.14. The number of nitrogens with two attached hydrogens (primary N) is 1. The van der Waals surface area contributed by atoms with Crippen LogP contribution in [0.15, 0.2) is 48.8 Å². The molecular formula is C17H22N2O. The molecule has 0 aliphatic rings. The Balaban J connectivity index is 1.85. The third-order valence-electron chi connectivity index (χ3n) is 3.30. The van der Waals surface area contributed by atoms with E-state index in [4.69, 9.17) is 10.5 Å². The number of rotatable bonds is 7. The van der Waals surface area contributed by atoms with Crippen molar-refractivity contribution in [2.24, 2.45) is 5.73 Å². The standard InChI is InChI=1S/C17H22N2O/c1-2-16(18)11-15-5-3-7-17(12-15)20-10-8-14-6-4-9-19-13-14/h3-7,9,12-13,16H,2,8,10-11,18H2,1H3. The van der Waals surface area contributed by atoms with Crippen molar-refractivity contribution in [2.75, 3.05) is 6.61 Å². The van der Waals surface area contributed by atoms with Crippen LogP contribution in [0.3, 0.4) is 0 Å². The summed E-state index contributed by atoms with van der Waals surface area (Å²) in [5, 5.41) is 0. The topological polar surface area (TPSA) is 48.1 Å². The smallest absolute Gasteiger partial charge is 0.119 e. The second kappa shape index (κ2) is 7.65. The molecule has 1 aromatic heterocycles. The zero-order chi connectivity index (χ0) is 14.2. The quantitative estimate of drug-likeness (QED) is 0.841. The van der Waals surface area contributed by atoms with Gasteiger partial charge in [-0.3, -0.25) is 4.98 Å². The molecule has 3 nitrogen and oxygen atoms in total. The van der Waals surface area contributed by atoms with Gasteiger partial charge in [0.05, 0.1) is 6.61 Å². The summed E-state index contributed by atoms with van der Waals surface area (Å²) >= 11 is 0. The number of nitrogens with zero attached hydrogens (tertiary/aromatic N) is 1. The fourth-order valence-electron chi connectivity index (χ4n) is 2.04. The molecule has 1 aromatic carbocycles. The van der Waals surface area contributed by atoms with Crippen LogP contribution in [0, 0.1) is 0 Å². The minimum absolute atomic E-state index is 0.223. The van der Waals surface area contributed by atoms with Crippen LogP contribution in [0.2, 0.25) is 0 Å². The minimum atomic E-state index is 0.223. The average molecular weight is 270 g/mol. The first-order valence-electron chi connectivity index (χ1n) is 7.14. The first-order chi connectivity index (χ1) is 9.78.